The van der Waals surface area contributed by atoms with Gasteiger partial charge in [0.05, 0.1) is 19.4 Å². The SMILES string of the molecule is CCOP(=O)(Cc1ccc(/C=C/c2nc3ccccc3o2)cc1)OCC. The molecule has 1 aromatic heterocycles. The predicted molar refractivity (Wildman–Crippen MR) is 104 cm³/mol. The molecule has 0 radical (unpaired) electrons. The fourth-order valence-electron chi connectivity index (χ4n) is 2.61. The average Bonchev–Trinajstić information content (AvgIpc) is 3.04. The molecule has 0 saturated carbocycles. The molecule has 0 atom stereocenters. The van der Waals surface area contributed by atoms with Crippen molar-refractivity contribution in [2.75, 3.05) is 13.2 Å². The first kappa shape index (κ1) is 18.6. The maximum absolute atomic E-state index is 12.6. The molecule has 0 unspecified atom stereocenters. The molecule has 0 bridgehead atoms. The molecule has 5 nitrogen and oxygen atoms in total. The largest absolute Gasteiger partial charge is 0.437 e. The van der Waals surface area contributed by atoms with E-state index in [1.807, 2.05) is 74.5 Å². The Hall–Kier alpha value is -2.20. The summed E-state index contributed by atoms with van der Waals surface area (Å²) in [6.45, 7) is 4.35. The lowest BCUT2D eigenvalue weighted by Gasteiger charge is -2.16. The van der Waals surface area contributed by atoms with Gasteiger partial charge in [-0.1, -0.05) is 36.4 Å². The minimum absolute atomic E-state index is 0.268. The predicted octanol–water partition coefficient (Wildman–Crippen LogP) is 5.76. The zero-order chi connectivity index (χ0) is 18.4. The number of rotatable bonds is 8. The van der Waals surface area contributed by atoms with Crippen LogP contribution in [-0.4, -0.2) is 18.2 Å². The second kappa shape index (κ2) is 8.45. The molecule has 0 N–H and O–H groups in total. The zero-order valence-corrected chi connectivity index (χ0v) is 15.8. The van der Waals surface area contributed by atoms with Gasteiger partial charge in [0.2, 0.25) is 5.89 Å². The Kier molecular flexibility index (Phi) is 6.04. The molecular formula is C20H22NO4P. The van der Waals surface area contributed by atoms with E-state index in [0.29, 0.717) is 19.1 Å². The van der Waals surface area contributed by atoms with Crippen LogP contribution in [0, 0.1) is 0 Å². The summed E-state index contributed by atoms with van der Waals surface area (Å²) < 4.78 is 28.9. The Morgan fingerprint density at radius 1 is 1.00 bits per heavy atom. The minimum atomic E-state index is -3.08. The Morgan fingerprint density at radius 2 is 1.69 bits per heavy atom. The first-order chi connectivity index (χ1) is 12.6. The quantitative estimate of drug-likeness (QED) is 0.471. The van der Waals surface area contributed by atoms with E-state index in [2.05, 4.69) is 4.98 Å². The fraction of sp³-hybridized carbons (Fsp3) is 0.250. The molecule has 3 aromatic rings. The molecule has 0 spiro atoms. The van der Waals surface area contributed by atoms with Crippen LogP contribution in [0.25, 0.3) is 23.3 Å². The number of fused-ring (bicyclic) bond motifs is 1. The summed E-state index contributed by atoms with van der Waals surface area (Å²) in [5.41, 5.74) is 3.52. The first-order valence-electron chi connectivity index (χ1n) is 8.62. The normalized spacial score (nSPS) is 12.2. The molecule has 2 aromatic carbocycles. The number of hydrogen-bond donors (Lipinski definition) is 0. The Labute approximate surface area is 153 Å². The van der Waals surface area contributed by atoms with E-state index in [0.717, 1.165) is 22.2 Å². The van der Waals surface area contributed by atoms with Crippen molar-refractivity contribution < 1.29 is 18.0 Å². The third kappa shape index (κ3) is 4.70. The van der Waals surface area contributed by atoms with Gasteiger partial charge in [0.25, 0.3) is 0 Å². The summed E-state index contributed by atoms with van der Waals surface area (Å²) >= 11 is 0. The van der Waals surface area contributed by atoms with E-state index in [9.17, 15) is 4.57 Å². The molecule has 0 saturated heterocycles. The van der Waals surface area contributed by atoms with Crippen molar-refractivity contribution in [3.63, 3.8) is 0 Å². The number of nitrogens with zero attached hydrogens (tertiary/aromatic N) is 1. The molecule has 0 fully saturated rings. The Bertz CT molecular complexity index is 887. The summed E-state index contributed by atoms with van der Waals surface area (Å²) in [6.07, 6.45) is 4.03. The second-order valence-electron chi connectivity index (χ2n) is 5.70. The first-order valence-corrected chi connectivity index (χ1v) is 10.4. The molecule has 0 aliphatic carbocycles. The second-order valence-corrected chi connectivity index (χ2v) is 7.75. The maximum atomic E-state index is 12.6. The van der Waals surface area contributed by atoms with Crippen LogP contribution in [0.3, 0.4) is 0 Å². The van der Waals surface area contributed by atoms with Crippen molar-refractivity contribution in [2.24, 2.45) is 0 Å². The van der Waals surface area contributed by atoms with Gasteiger partial charge >= 0.3 is 7.60 Å². The summed E-state index contributed by atoms with van der Waals surface area (Å²) in [5, 5.41) is 0. The smallest absolute Gasteiger partial charge is 0.335 e. The third-order valence-electron chi connectivity index (χ3n) is 3.74. The highest BCUT2D eigenvalue weighted by Gasteiger charge is 2.23. The van der Waals surface area contributed by atoms with Gasteiger partial charge in [0, 0.05) is 6.08 Å². The van der Waals surface area contributed by atoms with Crippen LogP contribution in [0.5, 0.6) is 0 Å². The van der Waals surface area contributed by atoms with Crippen LogP contribution < -0.4 is 0 Å². The van der Waals surface area contributed by atoms with Crippen molar-refractivity contribution >= 4 is 30.8 Å². The summed E-state index contributed by atoms with van der Waals surface area (Å²) in [6, 6.07) is 15.4. The van der Waals surface area contributed by atoms with Crippen LogP contribution in [0.15, 0.2) is 52.9 Å². The summed E-state index contributed by atoms with van der Waals surface area (Å²) in [5.74, 6) is 0.562. The van der Waals surface area contributed by atoms with E-state index in [1.165, 1.54) is 0 Å². The summed E-state index contributed by atoms with van der Waals surface area (Å²) in [7, 11) is -3.08. The molecule has 6 heteroatoms. The Balaban J connectivity index is 1.69. The van der Waals surface area contributed by atoms with E-state index in [-0.39, 0.29) is 6.16 Å². The highest BCUT2D eigenvalue weighted by atomic mass is 31.2. The lowest BCUT2D eigenvalue weighted by atomic mass is 10.1. The molecule has 1 heterocycles. The molecular weight excluding hydrogens is 349 g/mol. The standard InChI is InChI=1S/C20H22NO4P/c1-3-23-26(22,24-4-2)15-17-11-9-16(10-12-17)13-14-20-21-18-7-5-6-8-19(18)25-20/h5-14H,3-4,15H2,1-2H3/b14-13+. The van der Waals surface area contributed by atoms with Gasteiger partial charge in [-0.15, -0.1) is 0 Å². The molecule has 0 aliphatic rings. The van der Waals surface area contributed by atoms with Crippen molar-refractivity contribution in [3.8, 4) is 0 Å². The molecule has 3 rings (SSSR count). The van der Waals surface area contributed by atoms with Crippen LogP contribution in [-0.2, 0) is 19.8 Å². The van der Waals surface area contributed by atoms with Crippen molar-refractivity contribution in [3.05, 3.63) is 65.5 Å². The average molecular weight is 371 g/mol. The van der Waals surface area contributed by atoms with Crippen molar-refractivity contribution in [1.82, 2.24) is 4.98 Å². The molecule has 0 amide bonds. The van der Waals surface area contributed by atoms with Gasteiger partial charge in [-0.05, 0) is 43.2 Å². The lowest BCUT2D eigenvalue weighted by Crippen LogP contribution is -1.99. The van der Waals surface area contributed by atoms with Crippen LogP contribution in [0.4, 0.5) is 0 Å². The van der Waals surface area contributed by atoms with Gasteiger partial charge < -0.3 is 13.5 Å². The van der Waals surface area contributed by atoms with Gasteiger partial charge in [0.1, 0.15) is 5.52 Å². The van der Waals surface area contributed by atoms with Gasteiger partial charge in [-0.25, -0.2) is 4.98 Å². The van der Waals surface area contributed by atoms with Crippen molar-refractivity contribution in [1.29, 1.82) is 0 Å². The number of para-hydroxylation sites is 2. The minimum Gasteiger partial charge on any atom is -0.437 e. The molecule has 136 valence electrons. The zero-order valence-electron chi connectivity index (χ0n) is 14.9. The fourth-order valence-corrected chi connectivity index (χ4v) is 4.31. The van der Waals surface area contributed by atoms with Gasteiger partial charge in [-0.2, -0.15) is 0 Å². The maximum Gasteiger partial charge on any atom is 0.335 e. The van der Waals surface area contributed by atoms with E-state index < -0.39 is 7.60 Å². The number of hydrogen-bond acceptors (Lipinski definition) is 5. The third-order valence-corrected chi connectivity index (χ3v) is 5.79. The number of aromatic nitrogens is 1. The number of oxazole rings is 1. The van der Waals surface area contributed by atoms with Crippen LogP contribution in [0.2, 0.25) is 0 Å². The highest BCUT2D eigenvalue weighted by molar-refractivity contribution is 7.53. The van der Waals surface area contributed by atoms with Gasteiger partial charge in [0.15, 0.2) is 5.58 Å². The number of benzene rings is 2. The molecule has 26 heavy (non-hydrogen) atoms. The topological polar surface area (TPSA) is 61.6 Å². The summed E-state index contributed by atoms with van der Waals surface area (Å²) in [4.78, 5) is 4.41. The lowest BCUT2D eigenvalue weighted by molar-refractivity contribution is 0.219. The highest BCUT2D eigenvalue weighted by Crippen LogP contribution is 2.51. The van der Waals surface area contributed by atoms with Gasteiger partial charge in [-0.3, -0.25) is 4.57 Å². The van der Waals surface area contributed by atoms with E-state index in [4.69, 9.17) is 13.5 Å². The monoisotopic (exact) mass is 371 g/mol. The Morgan fingerprint density at radius 3 is 2.35 bits per heavy atom. The van der Waals surface area contributed by atoms with Crippen molar-refractivity contribution in [2.45, 2.75) is 20.0 Å². The molecule has 0 aliphatic heterocycles. The van der Waals surface area contributed by atoms with Crippen LogP contribution >= 0.6 is 7.60 Å². The van der Waals surface area contributed by atoms with E-state index in [1.54, 1.807) is 0 Å². The van der Waals surface area contributed by atoms with E-state index >= 15 is 0 Å². The van der Waals surface area contributed by atoms with Crippen LogP contribution in [0.1, 0.15) is 30.9 Å².